The van der Waals surface area contributed by atoms with Crippen molar-refractivity contribution in [3.05, 3.63) is 63.0 Å². The first-order valence-corrected chi connectivity index (χ1v) is 8.78. The Morgan fingerprint density at radius 2 is 2.04 bits per heavy atom. The lowest BCUT2D eigenvalue weighted by Crippen LogP contribution is -2.19. The summed E-state index contributed by atoms with van der Waals surface area (Å²) >= 11 is 1.08. The lowest BCUT2D eigenvalue weighted by Gasteiger charge is -2.02. The van der Waals surface area contributed by atoms with E-state index in [0.29, 0.717) is 17.5 Å². The van der Waals surface area contributed by atoms with Gasteiger partial charge in [-0.05, 0) is 49.0 Å². The van der Waals surface area contributed by atoms with Gasteiger partial charge in [-0.15, -0.1) is 0 Å². The molecule has 1 aliphatic rings. The number of amidine groups is 1. The number of aliphatic imine (C=N–C) groups is 1. The number of carbonyl (C=O) groups is 1. The highest BCUT2D eigenvalue weighted by atomic mass is 32.2. The normalized spacial score (nSPS) is 16.6. The van der Waals surface area contributed by atoms with Crippen molar-refractivity contribution in [2.75, 3.05) is 6.61 Å². The number of nitro groups is 1. The molecule has 27 heavy (non-hydrogen) atoms. The number of nitrogens with zero attached hydrogens (tertiary/aromatic N) is 2. The van der Waals surface area contributed by atoms with E-state index >= 15 is 0 Å². The molecular weight excluding hydrogens is 370 g/mol. The molecule has 1 amide bonds. The molecule has 1 heterocycles. The number of benzene rings is 2. The summed E-state index contributed by atoms with van der Waals surface area (Å²) < 4.78 is 5.36. The molecular formula is C18H15N3O5S. The Bertz CT molecular complexity index is 954. The lowest BCUT2D eigenvalue weighted by atomic mass is 10.1. The van der Waals surface area contributed by atoms with Crippen LogP contribution in [0.15, 0.2) is 52.4 Å². The topological polar surface area (TPSA) is 114 Å². The maximum absolute atomic E-state index is 12.1. The number of thioether (sulfide) groups is 1. The Morgan fingerprint density at radius 3 is 2.70 bits per heavy atom. The van der Waals surface area contributed by atoms with Gasteiger partial charge in [0.25, 0.3) is 5.91 Å². The monoisotopic (exact) mass is 385 g/mol. The van der Waals surface area contributed by atoms with Crippen molar-refractivity contribution < 1.29 is 19.6 Å². The average molecular weight is 385 g/mol. The number of ether oxygens (including phenoxy) is 1. The Kier molecular flexibility index (Phi) is 5.41. The van der Waals surface area contributed by atoms with E-state index in [-0.39, 0.29) is 10.5 Å². The molecule has 2 N–H and O–H groups in total. The van der Waals surface area contributed by atoms with E-state index in [9.17, 15) is 20.0 Å². The van der Waals surface area contributed by atoms with Crippen LogP contribution in [0, 0.1) is 10.1 Å². The molecule has 2 aromatic carbocycles. The predicted molar refractivity (Wildman–Crippen MR) is 103 cm³/mol. The summed E-state index contributed by atoms with van der Waals surface area (Å²) in [5.74, 6) is -0.151. The average Bonchev–Trinajstić information content (AvgIpc) is 2.97. The summed E-state index contributed by atoms with van der Waals surface area (Å²) in [5.41, 5.74) is 0.404. The van der Waals surface area contributed by atoms with Gasteiger partial charge >= 0.3 is 5.69 Å². The first-order valence-electron chi connectivity index (χ1n) is 7.96. The zero-order chi connectivity index (χ0) is 19.4. The van der Waals surface area contributed by atoms with E-state index in [1.54, 1.807) is 24.3 Å². The quantitative estimate of drug-likeness (QED) is 0.462. The number of aromatic hydroxyl groups is 1. The number of rotatable bonds is 5. The Hall–Kier alpha value is -3.33. The number of nitrogens with one attached hydrogen (secondary N) is 1. The standard InChI is InChI=1S/C18H15N3O5S/c1-2-26-13-8-6-12(7-9-13)19-18-20-17(23)15(27-18)10-11-4-3-5-14(16(11)22)21(24)25/h3-10,22H,2H2,1H3,(H,19,20,23)/b15-10+. The van der Waals surface area contributed by atoms with Crippen molar-refractivity contribution in [2.45, 2.75) is 6.92 Å². The highest BCUT2D eigenvalue weighted by Crippen LogP contribution is 2.34. The predicted octanol–water partition coefficient (Wildman–Crippen LogP) is 3.59. The number of hydrogen-bond acceptors (Lipinski definition) is 7. The van der Waals surface area contributed by atoms with Crippen LogP contribution in [0.2, 0.25) is 0 Å². The molecule has 0 saturated carbocycles. The number of amides is 1. The molecule has 0 spiro atoms. The molecule has 3 rings (SSSR count). The van der Waals surface area contributed by atoms with Gasteiger partial charge in [-0.3, -0.25) is 14.9 Å². The third-order valence-corrected chi connectivity index (χ3v) is 4.47. The van der Waals surface area contributed by atoms with Gasteiger partial charge in [0.05, 0.1) is 22.1 Å². The second-order valence-electron chi connectivity index (χ2n) is 5.38. The maximum atomic E-state index is 12.1. The van der Waals surface area contributed by atoms with Crippen LogP contribution in [0.5, 0.6) is 11.5 Å². The number of phenols is 1. The van der Waals surface area contributed by atoms with Crippen molar-refractivity contribution in [3.8, 4) is 11.5 Å². The van der Waals surface area contributed by atoms with E-state index in [1.165, 1.54) is 24.3 Å². The van der Waals surface area contributed by atoms with Crippen LogP contribution in [0.25, 0.3) is 6.08 Å². The van der Waals surface area contributed by atoms with Crippen LogP contribution in [0.3, 0.4) is 0 Å². The molecule has 0 atom stereocenters. The fourth-order valence-corrected chi connectivity index (χ4v) is 3.17. The smallest absolute Gasteiger partial charge is 0.311 e. The number of hydrogen-bond donors (Lipinski definition) is 2. The highest BCUT2D eigenvalue weighted by molar-refractivity contribution is 8.18. The third kappa shape index (κ3) is 4.26. The third-order valence-electron chi connectivity index (χ3n) is 3.56. The zero-order valence-electron chi connectivity index (χ0n) is 14.2. The number of nitro benzene ring substituents is 1. The first kappa shape index (κ1) is 18.5. The summed E-state index contributed by atoms with van der Waals surface area (Å²) in [6.07, 6.45) is 1.39. The van der Waals surface area contributed by atoms with Crippen molar-refractivity contribution in [2.24, 2.45) is 4.99 Å². The molecule has 1 aliphatic heterocycles. The minimum absolute atomic E-state index is 0.184. The van der Waals surface area contributed by atoms with Crippen LogP contribution < -0.4 is 10.1 Å². The van der Waals surface area contributed by atoms with Gasteiger partial charge in [0.2, 0.25) is 5.75 Å². The summed E-state index contributed by atoms with van der Waals surface area (Å²) in [5, 5.41) is 23.9. The first-order chi connectivity index (χ1) is 13.0. The molecule has 0 aliphatic carbocycles. The molecule has 0 aromatic heterocycles. The van der Waals surface area contributed by atoms with Crippen LogP contribution in [-0.2, 0) is 4.79 Å². The van der Waals surface area contributed by atoms with Gasteiger partial charge in [-0.2, -0.15) is 0 Å². The van der Waals surface area contributed by atoms with Crippen molar-refractivity contribution in [1.29, 1.82) is 0 Å². The Labute approximate surface area is 158 Å². The van der Waals surface area contributed by atoms with E-state index in [2.05, 4.69) is 10.3 Å². The summed E-state index contributed by atoms with van der Waals surface area (Å²) in [7, 11) is 0. The summed E-state index contributed by atoms with van der Waals surface area (Å²) in [4.78, 5) is 27.0. The van der Waals surface area contributed by atoms with Gasteiger partial charge in [-0.1, -0.05) is 12.1 Å². The van der Waals surface area contributed by atoms with Gasteiger partial charge in [0, 0.05) is 11.6 Å². The molecule has 8 nitrogen and oxygen atoms in total. The number of carbonyl (C=O) groups excluding carboxylic acids is 1. The number of phenolic OH excluding ortho intramolecular Hbond substituents is 1. The lowest BCUT2D eigenvalue weighted by molar-refractivity contribution is -0.385. The molecule has 0 bridgehead atoms. The van der Waals surface area contributed by atoms with Crippen LogP contribution in [-0.4, -0.2) is 27.7 Å². The van der Waals surface area contributed by atoms with Gasteiger partial charge in [0.15, 0.2) is 5.17 Å². The molecule has 0 radical (unpaired) electrons. The van der Waals surface area contributed by atoms with Crippen LogP contribution in [0.4, 0.5) is 11.4 Å². The molecule has 1 fully saturated rings. The van der Waals surface area contributed by atoms with Crippen molar-refractivity contribution in [1.82, 2.24) is 5.32 Å². The Morgan fingerprint density at radius 1 is 1.30 bits per heavy atom. The van der Waals surface area contributed by atoms with Gasteiger partial charge in [-0.25, -0.2) is 4.99 Å². The molecule has 9 heteroatoms. The molecule has 0 unspecified atom stereocenters. The Balaban J connectivity index is 1.82. The van der Waals surface area contributed by atoms with Crippen LogP contribution in [0.1, 0.15) is 12.5 Å². The largest absolute Gasteiger partial charge is 0.502 e. The molecule has 1 saturated heterocycles. The minimum Gasteiger partial charge on any atom is -0.502 e. The minimum atomic E-state index is -0.683. The zero-order valence-corrected chi connectivity index (χ0v) is 15.0. The number of para-hydroxylation sites is 1. The maximum Gasteiger partial charge on any atom is 0.311 e. The molecule has 138 valence electrons. The fourth-order valence-electron chi connectivity index (χ4n) is 2.34. The van der Waals surface area contributed by atoms with Crippen LogP contribution >= 0.6 is 11.8 Å². The molecule has 2 aromatic rings. The van der Waals surface area contributed by atoms with Crippen molar-refractivity contribution >= 4 is 40.3 Å². The SMILES string of the molecule is CCOc1ccc(N=C2NC(=O)/C(=C\c3cccc([N+](=O)[O-])c3O)S2)cc1. The second-order valence-corrected chi connectivity index (χ2v) is 6.41. The highest BCUT2D eigenvalue weighted by Gasteiger charge is 2.25. The van der Waals surface area contributed by atoms with E-state index in [4.69, 9.17) is 4.74 Å². The van der Waals surface area contributed by atoms with E-state index in [0.717, 1.165) is 17.5 Å². The summed E-state index contributed by atoms with van der Waals surface area (Å²) in [6.45, 7) is 2.46. The van der Waals surface area contributed by atoms with Crippen molar-refractivity contribution in [3.63, 3.8) is 0 Å². The second kappa shape index (κ2) is 7.92. The fraction of sp³-hybridized carbons (Fsp3) is 0.111. The van der Waals surface area contributed by atoms with E-state index < -0.39 is 22.3 Å². The van der Waals surface area contributed by atoms with Gasteiger partial charge in [0.1, 0.15) is 5.75 Å². The van der Waals surface area contributed by atoms with Gasteiger partial charge < -0.3 is 15.2 Å². The summed E-state index contributed by atoms with van der Waals surface area (Å²) in [6, 6.07) is 11.2. The van der Waals surface area contributed by atoms with E-state index in [1.807, 2.05) is 6.92 Å².